The average molecular weight is 532 g/mol. The Kier molecular flexibility index (Phi) is 6.80. The first-order valence-electron chi connectivity index (χ1n) is 13.3. The van der Waals surface area contributed by atoms with E-state index in [2.05, 4.69) is 49.6 Å². The molecule has 0 N–H and O–H groups in total. The Morgan fingerprint density at radius 3 is 1.73 bits per heavy atom. The molecule has 0 spiro atoms. The number of rotatable bonds is 4. The molecule has 6 heteroatoms. The summed E-state index contributed by atoms with van der Waals surface area (Å²) in [6, 6.07) is 25.5. The van der Waals surface area contributed by atoms with Crippen LogP contribution < -0.4 is 9.80 Å². The zero-order valence-corrected chi connectivity index (χ0v) is 23.7. The number of carbonyl (C=O) groups excluding carboxylic acids is 3. The van der Waals surface area contributed by atoms with Gasteiger partial charge in [0.1, 0.15) is 5.57 Å². The molecule has 4 aromatic rings. The van der Waals surface area contributed by atoms with Crippen LogP contribution in [0, 0.1) is 20.8 Å². The summed E-state index contributed by atoms with van der Waals surface area (Å²) >= 11 is 0. The first-order chi connectivity index (χ1) is 19.0. The predicted molar refractivity (Wildman–Crippen MR) is 160 cm³/mol. The fourth-order valence-corrected chi connectivity index (χ4v) is 5.05. The van der Waals surface area contributed by atoms with Crippen LogP contribution >= 0.6 is 0 Å². The maximum atomic E-state index is 13.8. The summed E-state index contributed by atoms with van der Waals surface area (Å²) in [6.45, 7) is 12.4. The van der Waals surface area contributed by atoms with Crippen molar-refractivity contribution in [2.75, 3.05) is 9.80 Å². The molecule has 1 saturated heterocycles. The lowest BCUT2D eigenvalue weighted by Gasteiger charge is -2.34. The number of nitrogens with zero attached hydrogens (tertiary/aromatic N) is 3. The van der Waals surface area contributed by atoms with Crippen molar-refractivity contribution < 1.29 is 14.4 Å². The topological polar surface area (TPSA) is 62.6 Å². The highest BCUT2D eigenvalue weighted by molar-refractivity contribution is 6.46. The lowest BCUT2D eigenvalue weighted by Crippen LogP contribution is -2.57. The van der Waals surface area contributed by atoms with Gasteiger partial charge in [-0.25, -0.2) is 14.6 Å². The SMILES string of the molecule is Cc1ccc(N2C(=O)/C(=C/c3cc(C)n(-c4ccc(C(C)(C)C)cc4)c3C)C(=O)N(c3ccccc3)C2=O)cc1. The van der Waals surface area contributed by atoms with Crippen molar-refractivity contribution in [1.29, 1.82) is 0 Å². The second kappa shape index (κ2) is 10.1. The molecule has 5 rings (SSSR count). The van der Waals surface area contributed by atoms with Crippen LogP contribution in [0.3, 0.4) is 0 Å². The summed E-state index contributed by atoms with van der Waals surface area (Å²) in [4.78, 5) is 43.3. The van der Waals surface area contributed by atoms with Gasteiger partial charge in [0.05, 0.1) is 11.4 Å². The van der Waals surface area contributed by atoms with E-state index in [9.17, 15) is 14.4 Å². The summed E-state index contributed by atoms with van der Waals surface area (Å²) in [5.74, 6) is -1.30. The van der Waals surface area contributed by atoms with Gasteiger partial charge in [0, 0.05) is 17.1 Å². The molecule has 0 radical (unpaired) electrons. The molecular formula is C34H33N3O3. The summed E-state index contributed by atoms with van der Waals surface area (Å²) in [6.07, 6.45) is 1.61. The van der Waals surface area contributed by atoms with Crippen molar-refractivity contribution in [1.82, 2.24) is 4.57 Å². The fraction of sp³-hybridized carbons (Fsp3) is 0.206. The number of anilines is 2. The number of barbiturate groups is 1. The molecule has 0 saturated carbocycles. The lowest BCUT2D eigenvalue weighted by molar-refractivity contribution is -0.121. The van der Waals surface area contributed by atoms with Crippen LogP contribution in [0.25, 0.3) is 11.8 Å². The second-order valence-corrected chi connectivity index (χ2v) is 11.3. The minimum Gasteiger partial charge on any atom is -0.318 e. The zero-order chi connectivity index (χ0) is 28.8. The molecule has 1 aliphatic rings. The van der Waals surface area contributed by atoms with E-state index < -0.39 is 17.8 Å². The summed E-state index contributed by atoms with van der Waals surface area (Å²) in [7, 11) is 0. The van der Waals surface area contributed by atoms with E-state index in [-0.39, 0.29) is 11.0 Å². The molecule has 4 amide bonds. The first-order valence-corrected chi connectivity index (χ1v) is 13.3. The van der Waals surface area contributed by atoms with Crippen molar-refractivity contribution in [2.45, 2.75) is 47.0 Å². The Hall–Kier alpha value is -4.71. The third-order valence-electron chi connectivity index (χ3n) is 7.32. The minimum absolute atomic E-state index is 0.0436. The van der Waals surface area contributed by atoms with Crippen LogP contribution in [-0.4, -0.2) is 22.4 Å². The van der Waals surface area contributed by atoms with Gasteiger partial charge in [-0.15, -0.1) is 0 Å². The van der Waals surface area contributed by atoms with E-state index in [4.69, 9.17) is 0 Å². The van der Waals surface area contributed by atoms with Crippen molar-refractivity contribution in [3.8, 4) is 5.69 Å². The van der Waals surface area contributed by atoms with Crippen LogP contribution in [0.5, 0.6) is 0 Å². The van der Waals surface area contributed by atoms with Gasteiger partial charge < -0.3 is 4.57 Å². The number of benzene rings is 3. The fourth-order valence-electron chi connectivity index (χ4n) is 5.05. The highest BCUT2D eigenvalue weighted by Crippen LogP contribution is 2.32. The Morgan fingerprint density at radius 1 is 0.650 bits per heavy atom. The third kappa shape index (κ3) is 4.77. The third-order valence-corrected chi connectivity index (χ3v) is 7.32. The van der Waals surface area contributed by atoms with Crippen LogP contribution in [0.4, 0.5) is 16.2 Å². The molecule has 1 fully saturated rings. The number of urea groups is 1. The summed E-state index contributed by atoms with van der Waals surface area (Å²) < 4.78 is 2.11. The zero-order valence-electron chi connectivity index (χ0n) is 23.7. The number of hydrogen-bond acceptors (Lipinski definition) is 3. The molecule has 40 heavy (non-hydrogen) atoms. The number of aryl methyl sites for hydroxylation is 2. The maximum absolute atomic E-state index is 13.8. The van der Waals surface area contributed by atoms with E-state index in [0.717, 1.165) is 38.0 Å². The van der Waals surface area contributed by atoms with Crippen molar-refractivity contribution in [3.05, 3.63) is 119 Å². The van der Waals surface area contributed by atoms with Crippen LogP contribution in [0.1, 0.15) is 48.8 Å². The van der Waals surface area contributed by atoms with E-state index in [1.54, 1.807) is 42.5 Å². The molecule has 0 unspecified atom stereocenters. The number of aromatic nitrogens is 1. The molecule has 0 bridgehead atoms. The molecule has 3 aromatic carbocycles. The predicted octanol–water partition coefficient (Wildman–Crippen LogP) is 7.28. The summed E-state index contributed by atoms with van der Waals surface area (Å²) in [5.41, 5.74) is 6.60. The van der Waals surface area contributed by atoms with Gasteiger partial charge in [0.2, 0.25) is 0 Å². The number of imide groups is 2. The monoisotopic (exact) mass is 531 g/mol. The van der Waals surface area contributed by atoms with Crippen LogP contribution in [0.15, 0.2) is 90.5 Å². The Morgan fingerprint density at radius 2 is 1.18 bits per heavy atom. The number of amides is 4. The van der Waals surface area contributed by atoms with Crippen molar-refractivity contribution >= 4 is 35.3 Å². The molecule has 0 atom stereocenters. The molecule has 1 aliphatic heterocycles. The molecule has 0 aliphatic carbocycles. The second-order valence-electron chi connectivity index (χ2n) is 11.3. The molecule has 1 aromatic heterocycles. The minimum atomic E-state index is -0.702. The highest BCUT2D eigenvalue weighted by atomic mass is 16.2. The van der Waals surface area contributed by atoms with Gasteiger partial charge in [-0.05, 0) is 85.9 Å². The summed E-state index contributed by atoms with van der Waals surface area (Å²) in [5, 5.41) is 0. The van der Waals surface area contributed by atoms with Crippen molar-refractivity contribution in [3.63, 3.8) is 0 Å². The van der Waals surface area contributed by atoms with Gasteiger partial charge in [-0.2, -0.15) is 0 Å². The van der Waals surface area contributed by atoms with E-state index in [1.807, 2.05) is 45.0 Å². The van der Waals surface area contributed by atoms with Gasteiger partial charge in [-0.3, -0.25) is 9.59 Å². The van der Waals surface area contributed by atoms with E-state index >= 15 is 0 Å². The highest BCUT2D eigenvalue weighted by Gasteiger charge is 2.43. The Labute approximate surface area is 235 Å². The average Bonchev–Trinajstić information content (AvgIpc) is 3.20. The van der Waals surface area contributed by atoms with Crippen LogP contribution in [-0.2, 0) is 15.0 Å². The number of carbonyl (C=O) groups is 3. The van der Waals surface area contributed by atoms with Crippen molar-refractivity contribution in [2.24, 2.45) is 0 Å². The molecule has 202 valence electrons. The van der Waals surface area contributed by atoms with Gasteiger partial charge >= 0.3 is 6.03 Å². The lowest BCUT2D eigenvalue weighted by atomic mass is 9.87. The number of hydrogen-bond donors (Lipinski definition) is 0. The smallest absolute Gasteiger partial charge is 0.318 e. The van der Waals surface area contributed by atoms with E-state index in [1.165, 1.54) is 5.56 Å². The normalized spacial score (nSPS) is 15.3. The maximum Gasteiger partial charge on any atom is 0.343 e. The quantitative estimate of drug-likeness (QED) is 0.205. The standard InChI is InChI=1S/C34H33N3O3/c1-22-12-16-29(17-13-22)37-32(39)30(31(38)36(33(37)40)27-10-8-7-9-11-27)21-25-20-23(2)35(24(25)3)28-18-14-26(15-19-28)34(4,5)6/h7-21H,1-6H3/b30-21+. The van der Waals surface area contributed by atoms with Gasteiger partial charge in [-0.1, -0.05) is 68.8 Å². The molecule has 6 nitrogen and oxygen atoms in total. The largest absolute Gasteiger partial charge is 0.343 e. The Balaban J connectivity index is 1.61. The first kappa shape index (κ1) is 26.9. The molecular weight excluding hydrogens is 498 g/mol. The van der Waals surface area contributed by atoms with Crippen LogP contribution in [0.2, 0.25) is 0 Å². The van der Waals surface area contributed by atoms with Gasteiger partial charge in [0.25, 0.3) is 11.8 Å². The Bertz CT molecular complexity index is 1640. The number of para-hydroxylation sites is 1. The van der Waals surface area contributed by atoms with Gasteiger partial charge in [0.15, 0.2) is 0 Å². The van der Waals surface area contributed by atoms with E-state index in [0.29, 0.717) is 11.4 Å². The molecule has 2 heterocycles.